The summed E-state index contributed by atoms with van der Waals surface area (Å²) in [5.41, 5.74) is 1.88. The normalized spacial score (nSPS) is 14.4. The van der Waals surface area contributed by atoms with E-state index < -0.39 is 0 Å². The second-order valence-electron chi connectivity index (χ2n) is 7.61. The maximum atomic E-state index is 13.0. The topological polar surface area (TPSA) is 45.7 Å². The van der Waals surface area contributed by atoms with Gasteiger partial charge in [0.05, 0.1) is 23.3 Å². The third-order valence-corrected chi connectivity index (χ3v) is 7.37. The number of amides is 1. The van der Waals surface area contributed by atoms with Crippen LogP contribution in [-0.2, 0) is 11.2 Å². The van der Waals surface area contributed by atoms with Crippen LogP contribution in [0, 0.1) is 0 Å². The monoisotopic (exact) mass is 451 g/mol. The van der Waals surface area contributed by atoms with Crippen molar-refractivity contribution in [2.45, 2.75) is 6.42 Å². The number of ether oxygens (including phenoxy) is 1. The van der Waals surface area contributed by atoms with Gasteiger partial charge in [-0.25, -0.2) is 4.98 Å². The molecule has 3 aromatic carbocycles. The first kappa shape index (κ1) is 20.1. The van der Waals surface area contributed by atoms with Gasteiger partial charge in [0, 0.05) is 26.2 Å². The number of carbonyl (C=O) groups is 1. The Morgan fingerprint density at radius 2 is 1.84 bits per heavy atom. The SMILES string of the molecule is COc1ccc(Cl)c2sc(N3CCN(C(=O)Cc4cccc5ccccc45)CC3)nc12. The molecule has 7 heteroatoms. The van der Waals surface area contributed by atoms with E-state index in [1.807, 2.05) is 35.2 Å². The predicted octanol–water partition coefficient (Wildman–Crippen LogP) is 5.00. The van der Waals surface area contributed by atoms with E-state index in [-0.39, 0.29) is 5.91 Å². The minimum absolute atomic E-state index is 0.171. The largest absolute Gasteiger partial charge is 0.494 e. The van der Waals surface area contributed by atoms with Crippen molar-refractivity contribution >= 4 is 55.0 Å². The third-order valence-electron chi connectivity index (χ3n) is 5.79. The Morgan fingerprint density at radius 3 is 2.65 bits per heavy atom. The first-order valence-electron chi connectivity index (χ1n) is 10.3. The Bertz CT molecular complexity index is 1260. The lowest BCUT2D eigenvalue weighted by Gasteiger charge is -2.34. The number of piperazine rings is 1. The number of benzene rings is 3. The fourth-order valence-corrected chi connectivity index (χ4v) is 5.42. The molecule has 0 aliphatic carbocycles. The van der Waals surface area contributed by atoms with Gasteiger partial charge in [-0.2, -0.15) is 0 Å². The van der Waals surface area contributed by atoms with Crippen LogP contribution >= 0.6 is 22.9 Å². The summed E-state index contributed by atoms with van der Waals surface area (Å²) in [4.78, 5) is 21.9. The summed E-state index contributed by atoms with van der Waals surface area (Å²) in [6, 6.07) is 18.1. The Balaban J connectivity index is 1.29. The molecule has 0 saturated carbocycles. The van der Waals surface area contributed by atoms with E-state index in [9.17, 15) is 4.79 Å². The highest BCUT2D eigenvalue weighted by atomic mass is 35.5. The molecule has 0 spiro atoms. The van der Waals surface area contributed by atoms with Crippen LogP contribution in [0.3, 0.4) is 0 Å². The van der Waals surface area contributed by atoms with E-state index in [1.165, 1.54) is 5.39 Å². The zero-order chi connectivity index (χ0) is 21.4. The lowest BCUT2D eigenvalue weighted by atomic mass is 10.0. The number of aromatic nitrogens is 1. The number of hydrogen-bond acceptors (Lipinski definition) is 5. The molecular weight excluding hydrogens is 430 g/mol. The molecule has 1 fully saturated rings. The van der Waals surface area contributed by atoms with E-state index in [0.717, 1.165) is 45.1 Å². The highest BCUT2D eigenvalue weighted by molar-refractivity contribution is 7.22. The number of thiazole rings is 1. The molecule has 1 aromatic heterocycles. The standard InChI is InChI=1S/C24H22ClN3O2S/c1-30-20-10-9-19(25)23-22(20)26-24(31-23)28-13-11-27(12-14-28)21(29)15-17-7-4-6-16-5-2-3-8-18(16)17/h2-10H,11-15H2,1H3. The molecule has 0 atom stereocenters. The Kier molecular flexibility index (Phi) is 5.42. The molecule has 1 saturated heterocycles. The van der Waals surface area contributed by atoms with Crippen LogP contribution in [0.5, 0.6) is 5.75 Å². The van der Waals surface area contributed by atoms with Gasteiger partial charge >= 0.3 is 0 Å². The highest BCUT2D eigenvalue weighted by Crippen LogP contribution is 2.38. The van der Waals surface area contributed by atoms with Crippen molar-refractivity contribution in [2.75, 3.05) is 38.2 Å². The summed E-state index contributed by atoms with van der Waals surface area (Å²) >= 11 is 7.94. The van der Waals surface area contributed by atoms with Crippen LogP contribution < -0.4 is 9.64 Å². The van der Waals surface area contributed by atoms with Crippen molar-refractivity contribution in [3.8, 4) is 5.75 Å². The lowest BCUT2D eigenvalue weighted by Crippen LogP contribution is -2.49. The van der Waals surface area contributed by atoms with Crippen molar-refractivity contribution in [1.29, 1.82) is 0 Å². The summed E-state index contributed by atoms with van der Waals surface area (Å²) in [6.45, 7) is 2.87. The fourth-order valence-electron chi connectivity index (χ4n) is 4.11. The summed E-state index contributed by atoms with van der Waals surface area (Å²) in [6.07, 6.45) is 0.426. The van der Waals surface area contributed by atoms with Gasteiger partial charge in [-0.1, -0.05) is 65.4 Å². The molecule has 1 amide bonds. The van der Waals surface area contributed by atoms with E-state index in [0.29, 0.717) is 24.5 Å². The Morgan fingerprint density at radius 1 is 1.06 bits per heavy atom. The predicted molar refractivity (Wildman–Crippen MR) is 128 cm³/mol. The number of rotatable bonds is 4. The van der Waals surface area contributed by atoms with Gasteiger partial charge in [-0.05, 0) is 28.5 Å². The van der Waals surface area contributed by atoms with Crippen LogP contribution in [0.15, 0.2) is 54.6 Å². The van der Waals surface area contributed by atoms with Gasteiger partial charge in [0.2, 0.25) is 5.91 Å². The van der Waals surface area contributed by atoms with Gasteiger partial charge in [-0.3, -0.25) is 4.79 Å². The second-order valence-corrected chi connectivity index (χ2v) is 8.99. The first-order chi connectivity index (χ1) is 15.1. The van der Waals surface area contributed by atoms with Crippen molar-refractivity contribution < 1.29 is 9.53 Å². The van der Waals surface area contributed by atoms with Crippen LogP contribution in [0.25, 0.3) is 21.0 Å². The molecule has 0 bridgehead atoms. The number of carbonyl (C=O) groups excluding carboxylic acids is 1. The maximum Gasteiger partial charge on any atom is 0.227 e. The van der Waals surface area contributed by atoms with E-state index in [1.54, 1.807) is 18.4 Å². The van der Waals surface area contributed by atoms with Crippen LogP contribution in [-0.4, -0.2) is 49.1 Å². The average Bonchev–Trinajstić information content (AvgIpc) is 3.26. The van der Waals surface area contributed by atoms with Crippen LogP contribution in [0.1, 0.15) is 5.56 Å². The summed E-state index contributed by atoms with van der Waals surface area (Å²) in [7, 11) is 1.64. The molecule has 2 heterocycles. The number of methoxy groups -OCH3 is 1. The number of hydrogen-bond donors (Lipinski definition) is 0. The van der Waals surface area contributed by atoms with Crippen molar-refractivity contribution in [3.05, 3.63) is 65.2 Å². The minimum atomic E-state index is 0.171. The smallest absolute Gasteiger partial charge is 0.227 e. The average molecular weight is 452 g/mol. The van der Waals surface area contributed by atoms with Gasteiger partial charge in [0.1, 0.15) is 11.3 Å². The molecule has 1 aliphatic rings. The van der Waals surface area contributed by atoms with Crippen LogP contribution in [0.2, 0.25) is 5.02 Å². The van der Waals surface area contributed by atoms with Gasteiger partial charge in [0.15, 0.2) is 5.13 Å². The number of anilines is 1. The van der Waals surface area contributed by atoms with Crippen molar-refractivity contribution in [1.82, 2.24) is 9.88 Å². The maximum absolute atomic E-state index is 13.0. The second kappa shape index (κ2) is 8.36. The zero-order valence-electron chi connectivity index (χ0n) is 17.2. The molecule has 0 N–H and O–H groups in total. The fraction of sp³-hybridized carbons (Fsp3) is 0.250. The molecule has 5 nitrogen and oxygen atoms in total. The molecule has 5 rings (SSSR count). The quantitative estimate of drug-likeness (QED) is 0.438. The number of fused-ring (bicyclic) bond motifs is 2. The summed E-state index contributed by atoms with van der Waals surface area (Å²) < 4.78 is 6.37. The number of halogens is 1. The Labute approximate surface area is 189 Å². The number of nitrogens with zero attached hydrogens (tertiary/aromatic N) is 3. The first-order valence-corrected chi connectivity index (χ1v) is 11.5. The van der Waals surface area contributed by atoms with Gasteiger partial charge in [-0.15, -0.1) is 0 Å². The lowest BCUT2D eigenvalue weighted by molar-refractivity contribution is -0.130. The molecule has 0 unspecified atom stereocenters. The van der Waals surface area contributed by atoms with Crippen LogP contribution in [0.4, 0.5) is 5.13 Å². The summed E-state index contributed by atoms with van der Waals surface area (Å²) in [5, 5.41) is 3.92. The molecular formula is C24H22ClN3O2S. The van der Waals surface area contributed by atoms with Crippen molar-refractivity contribution in [2.24, 2.45) is 0 Å². The highest BCUT2D eigenvalue weighted by Gasteiger charge is 2.24. The van der Waals surface area contributed by atoms with Gasteiger partial charge < -0.3 is 14.5 Å². The third kappa shape index (κ3) is 3.82. The molecule has 4 aromatic rings. The van der Waals surface area contributed by atoms with Gasteiger partial charge in [0.25, 0.3) is 0 Å². The van der Waals surface area contributed by atoms with E-state index in [2.05, 4.69) is 29.2 Å². The minimum Gasteiger partial charge on any atom is -0.494 e. The Hall–Kier alpha value is -2.83. The molecule has 158 valence electrons. The van der Waals surface area contributed by atoms with E-state index >= 15 is 0 Å². The molecule has 0 radical (unpaired) electrons. The summed E-state index contributed by atoms with van der Waals surface area (Å²) in [5.74, 6) is 0.899. The zero-order valence-corrected chi connectivity index (χ0v) is 18.7. The molecule has 31 heavy (non-hydrogen) atoms. The molecule has 1 aliphatic heterocycles. The van der Waals surface area contributed by atoms with Crippen molar-refractivity contribution in [3.63, 3.8) is 0 Å². The van der Waals surface area contributed by atoms with E-state index in [4.69, 9.17) is 21.3 Å².